The number of ether oxygens (including phenoxy) is 2. The Kier molecular flexibility index (Phi) is 4.39. The minimum absolute atomic E-state index is 0.749. The summed E-state index contributed by atoms with van der Waals surface area (Å²) in [4.78, 5) is 0. The Hall–Kier alpha value is -2.49. The van der Waals surface area contributed by atoms with Gasteiger partial charge in [0.05, 0.1) is 26.1 Å². The molecule has 0 unspecified atom stereocenters. The zero-order valence-electron chi connectivity index (χ0n) is 11.0. The van der Waals surface area contributed by atoms with Gasteiger partial charge in [-0.3, -0.25) is 5.43 Å². The molecule has 4 heteroatoms. The number of anilines is 1. The summed E-state index contributed by atoms with van der Waals surface area (Å²) in [6.07, 6.45) is 1.70. The lowest BCUT2D eigenvalue weighted by atomic mass is 10.2. The second-order valence-electron chi connectivity index (χ2n) is 3.84. The number of nitrogens with one attached hydrogen (secondary N) is 1. The van der Waals surface area contributed by atoms with Gasteiger partial charge in [-0.05, 0) is 30.3 Å². The molecule has 0 saturated heterocycles. The molecule has 0 heterocycles. The topological polar surface area (TPSA) is 42.9 Å². The summed E-state index contributed by atoms with van der Waals surface area (Å²) >= 11 is 0. The molecule has 0 aliphatic heterocycles. The molecule has 2 aromatic carbocycles. The van der Waals surface area contributed by atoms with Crippen LogP contribution in [0, 0.1) is 0 Å². The van der Waals surface area contributed by atoms with Gasteiger partial charge in [-0.15, -0.1) is 0 Å². The van der Waals surface area contributed by atoms with Gasteiger partial charge in [-0.1, -0.05) is 18.2 Å². The third kappa shape index (κ3) is 3.48. The van der Waals surface area contributed by atoms with Gasteiger partial charge in [0.2, 0.25) is 0 Å². The fourth-order valence-corrected chi connectivity index (χ4v) is 1.63. The molecular formula is C15H16N2O2. The smallest absolute Gasteiger partial charge is 0.127 e. The lowest BCUT2D eigenvalue weighted by Crippen LogP contribution is -1.95. The van der Waals surface area contributed by atoms with Crippen LogP contribution in [0.4, 0.5) is 5.69 Å². The van der Waals surface area contributed by atoms with Gasteiger partial charge in [-0.25, -0.2) is 0 Å². The van der Waals surface area contributed by atoms with Crippen LogP contribution in [0.1, 0.15) is 5.56 Å². The normalized spacial score (nSPS) is 10.4. The molecule has 0 aliphatic rings. The fourth-order valence-electron chi connectivity index (χ4n) is 1.63. The average Bonchev–Trinajstić information content (AvgIpc) is 2.48. The Bertz CT molecular complexity index is 553. The van der Waals surface area contributed by atoms with E-state index in [1.165, 1.54) is 0 Å². The van der Waals surface area contributed by atoms with Gasteiger partial charge >= 0.3 is 0 Å². The molecule has 0 atom stereocenters. The van der Waals surface area contributed by atoms with Crippen LogP contribution in [0.3, 0.4) is 0 Å². The number of benzene rings is 2. The van der Waals surface area contributed by atoms with E-state index in [1.807, 2.05) is 48.5 Å². The molecule has 1 N–H and O–H groups in total. The molecule has 2 aromatic rings. The fraction of sp³-hybridized carbons (Fsp3) is 0.133. The molecule has 0 spiro atoms. The van der Waals surface area contributed by atoms with Crippen molar-refractivity contribution in [2.45, 2.75) is 0 Å². The highest BCUT2D eigenvalue weighted by molar-refractivity contribution is 5.84. The Morgan fingerprint density at radius 3 is 2.47 bits per heavy atom. The molecule has 98 valence electrons. The first-order chi connectivity index (χ1) is 9.33. The molecule has 0 amide bonds. The standard InChI is InChI=1S/C15H16N2O2/c1-18-14-8-9-15(19-2)12(10-14)11-16-17-13-6-4-3-5-7-13/h3-11,17H,1-2H3. The first-order valence-electron chi connectivity index (χ1n) is 5.89. The maximum Gasteiger partial charge on any atom is 0.127 e. The number of hydrogen-bond donors (Lipinski definition) is 1. The average molecular weight is 256 g/mol. The molecule has 0 fully saturated rings. The van der Waals surface area contributed by atoms with Crippen LogP contribution in [0.2, 0.25) is 0 Å². The van der Waals surface area contributed by atoms with Crippen molar-refractivity contribution in [2.75, 3.05) is 19.6 Å². The second-order valence-corrected chi connectivity index (χ2v) is 3.84. The molecule has 0 aliphatic carbocycles. The van der Waals surface area contributed by atoms with Crippen LogP contribution in [0.5, 0.6) is 11.5 Å². The van der Waals surface area contributed by atoms with E-state index in [2.05, 4.69) is 10.5 Å². The maximum atomic E-state index is 5.27. The van der Waals surface area contributed by atoms with E-state index in [0.717, 1.165) is 22.7 Å². The van der Waals surface area contributed by atoms with Crippen LogP contribution in [0.15, 0.2) is 53.6 Å². The molecular weight excluding hydrogens is 240 g/mol. The molecule has 0 saturated carbocycles. The molecule has 0 bridgehead atoms. The number of methoxy groups -OCH3 is 2. The number of para-hydroxylation sites is 1. The van der Waals surface area contributed by atoms with E-state index in [1.54, 1.807) is 20.4 Å². The molecule has 0 aromatic heterocycles. The lowest BCUT2D eigenvalue weighted by molar-refractivity contribution is 0.402. The van der Waals surface area contributed by atoms with E-state index >= 15 is 0 Å². The lowest BCUT2D eigenvalue weighted by Gasteiger charge is -2.06. The Morgan fingerprint density at radius 2 is 1.79 bits per heavy atom. The zero-order chi connectivity index (χ0) is 13.5. The van der Waals surface area contributed by atoms with Gasteiger partial charge in [0.25, 0.3) is 0 Å². The summed E-state index contributed by atoms with van der Waals surface area (Å²) in [6, 6.07) is 15.3. The predicted molar refractivity (Wildman–Crippen MR) is 77.2 cm³/mol. The van der Waals surface area contributed by atoms with Crippen LogP contribution in [0.25, 0.3) is 0 Å². The zero-order valence-corrected chi connectivity index (χ0v) is 11.0. The molecule has 4 nitrogen and oxygen atoms in total. The third-order valence-corrected chi connectivity index (χ3v) is 2.61. The van der Waals surface area contributed by atoms with Crippen molar-refractivity contribution in [1.29, 1.82) is 0 Å². The van der Waals surface area contributed by atoms with E-state index in [-0.39, 0.29) is 0 Å². The van der Waals surface area contributed by atoms with Crippen LogP contribution >= 0.6 is 0 Å². The predicted octanol–water partition coefficient (Wildman–Crippen LogP) is 3.15. The van der Waals surface area contributed by atoms with Crippen molar-refractivity contribution >= 4 is 11.9 Å². The van der Waals surface area contributed by atoms with Gasteiger partial charge in [0, 0.05) is 5.56 Å². The van der Waals surface area contributed by atoms with Crippen molar-refractivity contribution in [3.8, 4) is 11.5 Å². The summed E-state index contributed by atoms with van der Waals surface area (Å²) in [7, 11) is 3.26. The quantitative estimate of drug-likeness (QED) is 0.660. The number of rotatable bonds is 5. The summed E-state index contributed by atoms with van der Waals surface area (Å²) in [6.45, 7) is 0. The van der Waals surface area contributed by atoms with Crippen LogP contribution in [-0.4, -0.2) is 20.4 Å². The highest BCUT2D eigenvalue weighted by atomic mass is 16.5. The summed E-state index contributed by atoms with van der Waals surface area (Å²) in [5.41, 5.74) is 4.74. The van der Waals surface area contributed by atoms with E-state index in [0.29, 0.717) is 0 Å². The van der Waals surface area contributed by atoms with Crippen molar-refractivity contribution in [3.63, 3.8) is 0 Å². The van der Waals surface area contributed by atoms with Crippen LogP contribution < -0.4 is 14.9 Å². The van der Waals surface area contributed by atoms with Crippen LogP contribution in [-0.2, 0) is 0 Å². The van der Waals surface area contributed by atoms with Crippen molar-refractivity contribution in [3.05, 3.63) is 54.1 Å². The minimum atomic E-state index is 0.749. The van der Waals surface area contributed by atoms with Crippen molar-refractivity contribution in [1.82, 2.24) is 0 Å². The van der Waals surface area contributed by atoms with Gasteiger partial charge in [-0.2, -0.15) is 5.10 Å². The largest absolute Gasteiger partial charge is 0.497 e. The van der Waals surface area contributed by atoms with Crippen molar-refractivity contribution in [2.24, 2.45) is 5.10 Å². The third-order valence-electron chi connectivity index (χ3n) is 2.61. The highest BCUT2D eigenvalue weighted by Gasteiger charge is 2.02. The number of nitrogens with zero attached hydrogens (tertiary/aromatic N) is 1. The first kappa shape index (κ1) is 13.0. The number of hydrazone groups is 1. The summed E-state index contributed by atoms with van der Waals surface area (Å²) in [5, 5.41) is 4.19. The van der Waals surface area contributed by atoms with E-state index in [4.69, 9.17) is 9.47 Å². The van der Waals surface area contributed by atoms with Crippen molar-refractivity contribution < 1.29 is 9.47 Å². The second kappa shape index (κ2) is 6.44. The Morgan fingerprint density at radius 1 is 1.00 bits per heavy atom. The van der Waals surface area contributed by atoms with E-state index in [9.17, 15) is 0 Å². The summed E-state index contributed by atoms with van der Waals surface area (Å²) in [5.74, 6) is 1.52. The molecule has 2 rings (SSSR count). The van der Waals surface area contributed by atoms with Gasteiger partial charge in [0.1, 0.15) is 11.5 Å². The Labute approximate surface area is 112 Å². The highest BCUT2D eigenvalue weighted by Crippen LogP contribution is 2.22. The van der Waals surface area contributed by atoms with Gasteiger partial charge in [0.15, 0.2) is 0 Å². The molecule has 0 radical (unpaired) electrons. The Balaban J connectivity index is 2.13. The molecule has 19 heavy (non-hydrogen) atoms. The summed E-state index contributed by atoms with van der Waals surface area (Å²) < 4.78 is 10.5. The van der Waals surface area contributed by atoms with E-state index < -0.39 is 0 Å². The van der Waals surface area contributed by atoms with Gasteiger partial charge < -0.3 is 9.47 Å². The maximum absolute atomic E-state index is 5.27. The first-order valence-corrected chi connectivity index (χ1v) is 5.89. The SMILES string of the molecule is COc1ccc(OC)c(C=NNc2ccccc2)c1. The monoisotopic (exact) mass is 256 g/mol. The minimum Gasteiger partial charge on any atom is -0.497 e. The number of hydrogen-bond acceptors (Lipinski definition) is 4.